The molecule has 0 saturated carbocycles. The molecule has 2 aliphatic heterocycles. The highest BCUT2D eigenvalue weighted by Crippen LogP contribution is 2.20. The number of thiocarbonyl (C=S) groups is 1. The Morgan fingerprint density at radius 3 is 2.38 bits per heavy atom. The van der Waals surface area contributed by atoms with Crippen LogP contribution in [0.25, 0.3) is 0 Å². The molecule has 0 spiro atoms. The average Bonchev–Trinajstić information content (AvgIpc) is 2.95. The van der Waals surface area contributed by atoms with Crippen LogP contribution in [0.1, 0.15) is 0 Å². The van der Waals surface area contributed by atoms with Crippen LogP contribution in [0.2, 0.25) is 0 Å². The van der Waals surface area contributed by atoms with Crippen LogP contribution < -0.4 is 0 Å². The number of sulfonamides is 1. The maximum Gasteiger partial charge on any atom is 0.260 e. The van der Waals surface area contributed by atoms with Crippen LogP contribution in [0.3, 0.4) is 0 Å². The van der Waals surface area contributed by atoms with Gasteiger partial charge >= 0.3 is 0 Å². The van der Waals surface area contributed by atoms with Gasteiger partial charge in [-0.25, -0.2) is 17.2 Å². The van der Waals surface area contributed by atoms with Gasteiger partial charge in [-0.1, -0.05) is 0 Å². The lowest BCUT2D eigenvalue weighted by Gasteiger charge is -2.35. The molecule has 10 heteroatoms. The van der Waals surface area contributed by atoms with Crippen LogP contribution in [-0.2, 0) is 14.8 Å². The van der Waals surface area contributed by atoms with E-state index in [1.807, 2.05) is 4.90 Å². The summed E-state index contributed by atoms with van der Waals surface area (Å²) < 4.78 is 57.8. The van der Waals surface area contributed by atoms with Crippen LogP contribution in [0, 0.1) is 11.6 Å². The van der Waals surface area contributed by atoms with Crippen molar-refractivity contribution < 1.29 is 21.9 Å². The second-order valence-corrected chi connectivity index (χ2v) is 7.90. The van der Waals surface area contributed by atoms with Crippen molar-refractivity contribution in [2.45, 2.75) is 4.90 Å². The minimum Gasteiger partial charge on any atom is -0.469 e. The lowest BCUT2D eigenvalue weighted by Crippen LogP contribution is -2.51. The van der Waals surface area contributed by atoms with Gasteiger partial charge in [0.15, 0.2) is 11.6 Å². The van der Waals surface area contributed by atoms with E-state index < -0.39 is 21.7 Å². The van der Waals surface area contributed by atoms with Gasteiger partial charge in [-0.05, 0) is 30.4 Å². The van der Waals surface area contributed by atoms with Crippen LogP contribution >= 0.6 is 12.2 Å². The van der Waals surface area contributed by atoms with Gasteiger partial charge in [-0.2, -0.15) is 4.31 Å². The standard InChI is InChI=1S/C14H17F2N3O3S2/c15-12-2-1-11(9-13(12)16)24(20,21)19-5-3-17(4-6-19)10-18-7-8-22-14(18)23/h1-2,9H,3-8,10H2. The van der Waals surface area contributed by atoms with Gasteiger partial charge in [0.2, 0.25) is 10.0 Å². The number of halogens is 2. The topological polar surface area (TPSA) is 53.1 Å². The van der Waals surface area contributed by atoms with E-state index in [4.69, 9.17) is 17.0 Å². The SMILES string of the molecule is O=S(=O)(c1ccc(F)c(F)c1)N1CCN(CN2CCOC2=S)CC1. The summed E-state index contributed by atoms with van der Waals surface area (Å²) in [5.41, 5.74) is 0. The molecule has 1 aromatic rings. The average molecular weight is 377 g/mol. The first kappa shape index (κ1) is 17.5. The van der Waals surface area contributed by atoms with E-state index in [1.54, 1.807) is 0 Å². The van der Waals surface area contributed by atoms with Gasteiger partial charge in [0.05, 0.1) is 18.1 Å². The monoisotopic (exact) mass is 377 g/mol. The molecular formula is C14H17F2N3O3S2. The van der Waals surface area contributed by atoms with Crippen LogP contribution in [0.15, 0.2) is 23.1 Å². The number of nitrogens with zero attached hydrogens (tertiary/aromatic N) is 3. The first-order chi connectivity index (χ1) is 11.4. The Balaban J connectivity index is 1.63. The molecule has 2 fully saturated rings. The van der Waals surface area contributed by atoms with Crippen molar-refractivity contribution in [2.24, 2.45) is 0 Å². The summed E-state index contributed by atoms with van der Waals surface area (Å²) >= 11 is 5.08. The predicted octanol–water partition coefficient (Wildman–Crippen LogP) is 0.846. The van der Waals surface area contributed by atoms with Crippen molar-refractivity contribution in [1.29, 1.82) is 0 Å². The molecule has 132 valence electrons. The lowest BCUT2D eigenvalue weighted by molar-refractivity contribution is 0.142. The third kappa shape index (κ3) is 3.51. The zero-order chi connectivity index (χ0) is 17.3. The largest absolute Gasteiger partial charge is 0.469 e. The van der Waals surface area contributed by atoms with E-state index in [1.165, 1.54) is 4.31 Å². The molecule has 0 bridgehead atoms. The highest BCUT2D eigenvalue weighted by molar-refractivity contribution is 7.89. The molecule has 0 radical (unpaired) electrons. The van der Waals surface area contributed by atoms with Gasteiger partial charge in [-0.15, -0.1) is 0 Å². The molecule has 0 N–H and O–H groups in total. The molecule has 0 atom stereocenters. The predicted molar refractivity (Wildman–Crippen MR) is 86.8 cm³/mol. The fourth-order valence-electron chi connectivity index (χ4n) is 2.69. The second kappa shape index (κ2) is 6.87. The van der Waals surface area contributed by atoms with Crippen molar-refractivity contribution in [3.63, 3.8) is 0 Å². The first-order valence-corrected chi connectivity index (χ1v) is 9.32. The van der Waals surface area contributed by atoms with Crippen LogP contribution in [0.5, 0.6) is 0 Å². The minimum atomic E-state index is -3.83. The van der Waals surface area contributed by atoms with Crippen molar-refractivity contribution in [3.8, 4) is 0 Å². The van der Waals surface area contributed by atoms with Gasteiger partial charge in [0, 0.05) is 26.2 Å². The Labute approximate surface area is 144 Å². The number of hydrogen-bond donors (Lipinski definition) is 0. The highest BCUT2D eigenvalue weighted by atomic mass is 32.2. The molecule has 2 saturated heterocycles. The first-order valence-electron chi connectivity index (χ1n) is 7.47. The van der Waals surface area contributed by atoms with Gasteiger partial charge in [0.25, 0.3) is 5.17 Å². The zero-order valence-corrected chi connectivity index (χ0v) is 14.5. The summed E-state index contributed by atoms with van der Waals surface area (Å²) in [6, 6.07) is 2.63. The molecule has 3 rings (SSSR count). The summed E-state index contributed by atoms with van der Waals surface area (Å²) in [7, 11) is -3.83. The Morgan fingerprint density at radius 1 is 1.08 bits per heavy atom. The number of hydrogen-bond acceptors (Lipinski definition) is 5. The van der Waals surface area contributed by atoms with E-state index in [9.17, 15) is 17.2 Å². The summed E-state index contributed by atoms with van der Waals surface area (Å²) in [6.45, 7) is 3.52. The Kier molecular flexibility index (Phi) is 5.00. The minimum absolute atomic E-state index is 0.232. The Bertz CT molecular complexity index is 737. The molecule has 2 aliphatic rings. The number of benzene rings is 1. The third-order valence-electron chi connectivity index (χ3n) is 4.08. The van der Waals surface area contributed by atoms with E-state index >= 15 is 0 Å². The summed E-state index contributed by atoms with van der Waals surface area (Å²) in [5, 5.41) is 0.465. The summed E-state index contributed by atoms with van der Waals surface area (Å²) in [5.74, 6) is -2.24. The Hall–Kier alpha value is -1.36. The quantitative estimate of drug-likeness (QED) is 0.725. The molecule has 0 aliphatic carbocycles. The van der Waals surface area contributed by atoms with Gasteiger partial charge < -0.3 is 9.64 Å². The maximum atomic E-state index is 13.3. The molecule has 24 heavy (non-hydrogen) atoms. The smallest absolute Gasteiger partial charge is 0.260 e. The van der Waals surface area contributed by atoms with Crippen molar-refractivity contribution in [2.75, 3.05) is 46.0 Å². The molecule has 6 nitrogen and oxygen atoms in total. The molecular weight excluding hydrogens is 360 g/mol. The zero-order valence-electron chi connectivity index (χ0n) is 12.8. The van der Waals surface area contributed by atoms with E-state index in [0.717, 1.165) is 24.7 Å². The van der Waals surface area contributed by atoms with Gasteiger partial charge in [0.1, 0.15) is 6.61 Å². The van der Waals surface area contributed by atoms with Crippen molar-refractivity contribution in [3.05, 3.63) is 29.8 Å². The lowest BCUT2D eigenvalue weighted by atomic mass is 10.3. The van der Waals surface area contributed by atoms with E-state index in [-0.39, 0.29) is 18.0 Å². The molecule has 2 heterocycles. The number of piperazine rings is 1. The van der Waals surface area contributed by atoms with E-state index in [2.05, 4.69) is 4.90 Å². The summed E-state index contributed by atoms with van der Waals surface area (Å²) in [4.78, 5) is 3.77. The van der Waals surface area contributed by atoms with Crippen molar-refractivity contribution >= 4 is 27.4 Å². The fraction of sp³-hybridized carbons (Fsp3) is 0.500. The maximum absolute atomic E-state index is 13.3. The van der Waals surface area contributed by atoms with Crippen LogP contribution in [0.4, 0.5) is 8.78 Å². The normalized spacial score (nSPS) is 20.4. The Morgan fingerprint density at radius 2 is 1.79 bits per heavy atom. The second-order valence-electron chi connectivity index (χ2n) is 5.62. The molecule has 0 unspecified atom stereocenters. The fourth-order valence-corrected chi connectivity index (χ4v) is 4.36. The van der Waals surface area contributed by atoms with E-state index in [0.29, 0.717) is 31.5 Å². The summed E-state index contributed by atoms with van der Waals surface area (Å²) in [6.07, 6.45) is 0. The number of rotatable bonds is 4. The number of ether oxygens (including phenoxy) is 1. The molecule has 0 amide bonds. The molecule has 0 aromatic heterocycles. The van der Waals surface area contributed by atoms with Crippen LogP contribution in [-0.4, -0.2) is 73.7 Å². The third-order valence-corrected chi connectivity index (χ3v) is 6.35. The van der Waals surface area contributed by atoms with Crippen molar-refractivity contribution in [1.82, 2.24) is 14.1 Å². The molecule has 1 aromatic carbocycles. The van der Waals surface area contributed by atoms with Gasteiger partial charge in [-0.3, -0.25) is 4.90 Å². The highest BCUT2D eigenvalue weighted by Gasteiger charge is 2.30.